The Labute approximate surface area is 164 Å². The van der Waals surface area contributed by atoms with Crippen molar-refractivity contribution in [2.75, 3.05) is 19.5 Å². The van der Waals surface area contributed by atoms with Crippen LogP contribution in [0.15, 0.2) is 39.6 Å². The van der Waals surface area contributed by atoms with Crippen LogP contribution >= 0.6 is 34.7 Å². The first kappa shape index (κ1) is 18.9. The number of ether oxygens (including phenoxy) is 1. The summed E-state index contributed by atoms with van der Waals surface area (Å²) in [7, 11) is 1.63. The van der Waals surface area contributed by atoms with Gasteiger partial charge in [0.25, 0.3) is 5.56 Å². The van der Waals surface area contributed by atoms with E-state index in [0.29, 0.717) is 40.0 Å². The number of hydrogen-bond acceptors (Lipinski definition) is 6. The molecule has 0 aliphatic heterocycles. The summed E-state index contributed by atoms with van der Waals surface area (Å²) < 4.78 is 6.73. The van der Waals surface area contributed by atoms with Gasteiger partial charge in [-0.25, -0.2) is 4.98 Å². The predicted octanol–water partition coefficient (Wildman–Crippen LogP) is 4.43. The molecule has 0 unspecified atom stereocenters. The molecule has 0 amide bonds. The molecular weight excluding hydrogens is 390 g/mol. The third kappa shape index (κ3) is 3.79. The van der Waals surface area contributed by atoms with Crippen molar-refractivity contribution in [3.63, 3.8) is 0 Å². The number of hydrogen-bond donors (Lipinski definition) is 0. The first-order chi connectivity index (χ1) is 12.7. The molecular formula is C18H16ClN3O2S2. The van der Waals surface area contributed by atoms with Crippen LogP contribution in [0.3, 0.4) is 0 Å². The summed E-state index contributed by atoms with van der Waals surface area (Å²) in [5.74, 6) is 0.241. The Morgan fingerprint density at radius 2 is 2.19 bits per heavy atom. The summed E-state index contributed by atoms with van der Waals surface area (Å²) in [6.45, 7) is 1.04. The lowest BCUT2D eigenvalue weighted by atomic mass is 10.1. The first-order valence-electron chi connectivity index (χ1n) is 7.93. The normalized spacial score (nSPS) is 11.0. The molecule has 0 bridgehead atoms. The van der Waals surface area contributed by atoms with Crippen molar-refractivity contribution in [2.45, 2.75) is 18.1 Å². The van der Waals surface area contributed by atoms with Gasteiger partial charge in [0, 0.05) is 41.8 Å². The van der Waals surface area contributed by atoms with Crippen LogP contribution in [-0.4, -0.2) is 29.0 Å². The highest BCUT2D eigenvalue weighted by molar-refractivity contribution is 7.99. The lowest BCUT2D eigenvalue weighted by Crippen LogP contribution is -2.24. The number of rotatable bonds is 7. The summed E-state index contributed by atoms with van der Waals surface area (Å²) in [5, 5.41) is 12.5. The van der Waals surface area contributed by atoms with Gasteiger partial charge in [-0.15, -0.1) is 11.3 Å². The lowest BCUT2D eigenvalue weighted by molar-refractivity contribution is 0.189. The van der Waals surface area contributed by atoms with Gasteiger partial charge in [0.15, 0.2) is 5.16 Å². The van der Waals surface area contributed by atoms with E-state index in [2.05, 4.69) is 11.1 Å². The van der Waals surface area contributed by atoms with Gasteiger partial charge in [-0.05, 0) is 12.5 Å². The molecule has 0 spiro atoms. The molecule has 3 rings (SSSR count). The maximum Gasteiger partial charge on any atom is 0.263 e. The fraction of sp³-hybridized carbons (Fsp3) is 0.278. The number of halogens is 1. The van der Waals surface area contributed by atoms with Gasteiger partial charge in [-0.3, -0.25) is 9.36 Å². The number of thiophene rings is 1. The third-order valence-electron chi connectivity index (χ3n) is 3.82. The molecule has 0 atom stereocenters. The van der Waals surface area contributed by atoms with E-state index in [0.717, 1.165) is 11.1 Å². The maximum atomic E-state index is 13.2. The van der Waals surface area contributed by atoms with E-state index in [1.54, 1.807) is 11.7 Å². The Bertz CT molecular complexity index is 1020. The summed E-state index contributed by atoms with van der Waals surface area (Å²) >= 11 is 9.01. The lowest BCUT2D eigenvalue weighted by Gasteiger charge is -2.11. The number of nitriles is 1. The Balaban J connectivity index is 2.17. The van der Waals surface area contributed by atoms with Crippen molar-refractivity contribution >= 4 is 44.9 Å². The maximum absolute atomic E-state index is 13.2. The van der Waals surface area contributed by atoms with Gasteiger partial charge >= 0.3 is 0 Å². The monoisotopic (exact) mass is 405 g/mol. The van der Waals surface area contributed by atoms with Crippen LogP contribution in [0, 0.1) is 11.3 Å². The van der Waals surface area contributed by atoms with Crippen LogP contribution in [0.25, 0.3) is 21.3 Å². The largest absolute Gasteiger partial charge is 0.385 e. The quantitative estimate of drug-likeness (QED) is 0.330. The van der Waals surface area contributed by atoms with Crippen LogP contribution in [0.1, 0.15) is 6.42 Å². The fourth-order valence-electron chi connectivity index (χ4n) is 2.65. The summed E-state index contributed by atoms with van der Waals surface area (Å²) in [6.07, 6.45) is 0.690. The molecule has 0 aliphatic rings. The van der Waals surface area contributed by atoms with Crippen LogP contribution in [0.2, 0.25) is 5.02 Å². The Hall–Kier alpha value is -1.85. The molecule has 0 aliphatic carbocycles. The van der Waals surface area contributed by atoms with Crippen LogP contribution in [0.4, 0.5) is 0 Å². The molecule has 2 aromatic heterocycles. The summed E-state index contributed by atoms with van der Waals surface area (Å²) in [4.78, 5) is 18.5. The number of thioether (sulfide) groups is 1. The second kappa shape index (κ2) is 8.69. The molecule has 0 saturated heterocycles. The zero-order valence-electron chi connectivity index (χ0n) is 14.1. The fourth-order valence-corrected chi connectivity index (χ4v) is 4.56. The highest BCUT2D eigenvalue weighted by atomic mass is 35.5. The summed E-state index contributed by atoms with van der Waals surface area (Å²) in [5.41, 5.74) is 1.51. The first-order valence-corrected chi connectivity index (χ1v) is 10.2. The molecule has 1 aromatic carbocycles. The average molecular weight is 406 g/mol. The second-order valence-electron chi connectivity index (χ2n) is 5.45. The second-order valence-corrected chi connectivity index (χ2v) is 7.66. The number of fused-ring (bicyclic) bond motifs is 1. The Kier molecular flexibility index (Phi) is 6.33. The number of nitrogens with zero attached hydrogens (tertiary/aromatic N) is 3. The molecule has 5 nitrogen and oxygen atoms in total. The molecule has 0 saturated carbocycles. The topological polar surface area (TPSA) is 67.9 Å². The third-order valence-corrected chi connectivity index (χ3v) is 5.86. The molecule has 0 fully saturated rings. The molecule has 134 valence electrons. The predicted molar refractivity (Wildman–Crippen MR) is 107 cm³/mol. The number of aromatic nitrogens is 2. The van der Waals surface area contributed by atoms with Gasteiger partial charge < -0.3 is 4.74 Å². The molecule has 0 radical (unpaired) electrons. The van der Waals surface area contributed by atoms with E-state index >= 15 is 0 Å². The minimum Gasteiger partial charge on any atom is -0.385 e. The van der Waals surface area contributed by atoms with E-state index < -0.39 is 0 Å². The van der Waals surface area contributed by atoms with Crippen LogP contribution in [-0.2, 0) is 11.3 Å². The average Bonchev–Trinajstić information content (AvgIpc) is 3.06. The van der Waals surface area contributed by atoms with E-state index in [9.17, 15) is 4.79 Å². The Morgan fingerprint density at radius 1 is 1.38 bits per heavy atom. The van der Waals surface area contributed by atoms with Crippen molar-refractivity contribution in [1.29, 1.82) is 5.26 Å². The van der Waals surface area contributed by atoms with Crippen molar-refractivity contribution in [3.8, 4) is 17.2 Å². The van der Waals surface area contributed by atoms with E-state index in [1.807, 2.05) is 29.6 Å². The molecule has 26 heavy (non-hydrogen) atoms. The highest BCUT2D eigenvalue weighted by Gasteiger charge is 2.18. The number of methoxy groups -OCH3 is 1. The van der Waals surface area contributed by atoms with Gasteiger partial charge in [0.2, 0.25) is 0 Å². The summed E-state index contributed by atoms with van der Waals surface area (Å²) in [6, 6.07) is 9.55. The zero-order chi connectivity index (χ0) is 18.5. The van der Waals surface area contributed by atoms with Crippen LogP contribution < -0.4 is 5.56 Å². The zero-order valence-corrected chi connectivity index (χ0v) is 16.5. The van der Waals surface area contributed by atoms with Gasteiger partial charge in [-0.2, -0.15) is 5.26 Å². The van der Waals surface area contributed by atoms with Gasteiger partial charge in [0.05, 0.1) is 17.2 Å². The van der Waals surface area contributed by atoms with Crippen LogP contribution in [0.5, 0.6) is 0 Å². The molecule has 0 N–H and O–H groups in total. The molecule has 2 heterocycles. The van der Waals surface area contributed by atoms with E-state index in [1.165, 1.54) is 23.1 Å². The van der Waals surface area contributed by atoms with Crippen molar-refractivity contribution in [3.05, 3.63) is 45.0 Å². The SMILES string of the molecule is COCCCn1c(SCC#N)nc2scc(-c3ccccc3Cl)c2c1=O. The standard InChI is InChI=1S/C18H16ClN3O2S2/c1-24-9-4-8-22-17(23)15-13(12-5-2-3-6-14(12)19)11-26-16(15)21-18(22)25-10-7-20/h2-3,5-6,11H,4,8-10H2,1H3. The number of benzene rings is 1. The van der Waals surface area contributed by atoms with E-state index in [4.69, 9.17) is 21.6 Å². The Morgan fingerprint density at radius 3 is 2.92 bits per heavy atom. The molecule has 3 aromatic rings. The minimum atomic E-state index is -0.109. The van der Waals surface area contributed by atoms with Crippen molar-refractivity contribution in [2.24, 2.45) is 0 Å². The highest BCUT2D eigenvalue weighted by Crippen LogP contribution is 2.35. The van der Waals surface area contributed by atoms with Crippen molar-refractivity contribution < 1.29 is 4.74 Å². The molecule has 8 heteroatoms. The van der Waals surface area contributed by atoms with Gasteiger partial charge in [-0.1, -0.05) is 41.6 Å². The van der Waals surface area contributed by atoms with Gasteiger partial charge in [0.1, 0.15) is 4.83 Å². The van der Waals surface area contributed by atoms with Crippen molar-refractivity contribution in [1.82, 2.24) is 9.55 Å². The minimum absolute atomic E-state index is 0.109. The smallest absolute Gasteiger partial charge is 0.263 e. The van der Waals surface area contributed by atoms with E-state index in [-0.39, 0.29) is 11.3 Å².